The third kappa shape index (κ3) is 3.96. The van der Waals surface area contributed by atoms with Crippen molar-refractivity contribution in [2.45, 2.75) is 13.5 Å². The zero-order valence-corrected chi connectivity index (χ0v) is 13.4. The van der Waals surface area contributed by atoms with Gasteiger partial charge in [0.1, 0.15) is 18.0 Å². The minimum atomic E-state index is 0.676. The van der Waals surface area contributed by atoms with E-state index in [1.807, 2.05) is 43.3 Å². The van der Waals surface area contributed by atoms with Crippen LogP contribution in [0.15, 0.2) is 55.1 Å². The van der Waals surface area contributed by atoms with Crippen molar-refractivity contribution in [3.8, 4) is 0 Å². The summed E-state index contributed by atoms with van der Waals surface area (Å²) >= 11 is 6.14. The smallest absolute Gasteiger partial charge is 0.135 e. The number of anilines is 3. The van der Waals surface area contributed by atoms with Crippen LogP contribution in [0.5, 0.6) is 0 Å². The van der Waals surface area contributed by atoms with E-state index in [1.54, 1.807) is 12.4 Å². The van der Waals surface area contributed by atoms with Crippen LogP contribution < -0.4 is 10.6 Å². The molecule has 0 unspecified atom stereocenters. The molecule has 1 aromatic carbocycles. The Hall–Kier alpha value is -2.66. The third-order valence-electron chi connectivity index (χ3n) is 3.42. The number of halogens is 1. The second kappa shape index (κ2) is 7.07. The van der Waals surface area contributed by atoms with Crippen molar-refractivity contribution < 1.29 is 0 Å². The van der Waals surface area contributed by atoms with Crippen molar-refractivity contribution >= 4 is 28.9 Å². The summed E-state index contributed by atoms with van der Waals surface area (Å²) in [6, 6.07) is 11.5. The van der Waals surface area contributed by atoms with Crippen molar-refractivity contribution in [3.63, 3.8) is 0 Å². The predicted octanol–water partition coefficient (Wildman–Crippen LogP) is 4.19. The van der Waals surface area contributed by atoms with Gasteiger partial charge in [0, 0.05) is 35.7 Å². The lowest BCUT2D eigenvalue weighted by Gasteiger charge is -2.11. The first kappa shape index (κ1) is 15.2. The van der Waals surface area contributed by atoms with E-state index in [9.17, 15) is 0 Å². The van der Waals surface area contributed by atoms with E-state index in [-0.39, 0.29) is 0 Å². The highest BCUT2D eigenvalue weighted by Crippen LogP contribution is 2.25. The molecule has 3 rings (SSSR count). The highest BCUT2D eigenvalue weighted by Gasteiger charge is 2.04. The molecule has 0 aliphatic heterocycles. The first-order valence-corrected chi connectivity index (χ1v) is 7.57. The zero-order valence-electron chi connectivity index (χ0n) is 12.6. The molecule has 0 saturated carbocycles. The molecule has 3 aromatic rings. The number of aromatic nitrogens is 3. The molecule has 0 aliphatic rings. The molecule has 0 bridgehead atoms. The van der Waals surface area contributed by atoms with Crippen molar-refractivity contribution in [1.29, 1.82) is 0 Å². The SMILES string of the molecule is Cc1c(Cl)cccc1Nc1cc(NCc2ccncc2)ncn1. The molecule has 5 nitrogen and oxygen atoms in total. The Morgan fingerprint density at radius 2 is 1.83 bits per heavy atom. The summed E-state index contributed by atoms with van der Waals surface area (Å²) in [5.74, 6) is 1.46. The molecule has 2 N–H and O–H groups in total. The number of hydrogen-bond acceptors (Lipinski definition) is 5. The molecule has 0 saturated heterocycles. The van der Waals surface area contributed by atoms with Gasteiger partial charge in [-0.3, -0.25) is 4.98 Å². The lowest BCUT2D eigenvalue weighted by molar-refractivity contribution is 1.07. The van der Waals surface area contributed by atoms with Crippen LogP contribution in [0.4, 0.5) is 17.3 Å². The van der Waals surface area contributed by atoms with Crippen molar-refractivity contribution in [3.05, 3.63) is 71.3 Å². The van der Waals surface area contributed by atoms with Crippen molar-refractivity contribution in [1.82, 2.24) is 15.0 Å². The Morgan fingerprint density at radius 1 is 1.04 bits per heavy atom. The Bertz CT molecular complexity index is 792. The number of nitrogens with zero attached hydrogens (tertiary/aromatic N) is 3. The van der Waals surface area contributed by atoms with Crippen LogP contribution in [0.3, 0.4) is 0 Å². The molecule has 0 aliphatic carbocycles. The Morgan fingerprint density at radius 3 is 2.65 bits per heavy atom. The van der Waals surface area contributed by atoms with Crippen LogP contribution in [-0.2, 0) is 6.54 Å². The van der Waals surface area contributed by atoms with Gasteiger partial charge in [-0.1, -0.05) is 17.7 Å². The third-order valence-corrected chi connectivity index (χ3v) is 3.83. The standard InChI is InChI=1S/C17H16ClN5/c1-12-14(18)3-2-4-15(12)23-17-9-16(21-11-22-17)20-10-13-5-7-19-8-6-13/h2-9,11H,10H2,1H3,(H2,20,21,22,23). The molecular weight excluding hydrogens is 310 g/mol. The molecular formula is C17H16ClN5. The minimum Gasteiger partial charge on any atom is -0.366 e. The summed E-state index contributed by atoms with van der Waals surface area (Å²) in [6.07, 6.45) is 5.06. The number of nitrogens with one attached hydrogen (secondary N) is 2. The second-order valence-electron chi connectivity index (χ2n) is 5.03. The zero-order chi connectivity index (χ0) is 16.1. The summed E-state index contributed by atoms with van der Waals surface area (Å²) in [7, 11) is 0. The highest BCUT2D eigenvalue weighted by molar-refractivity contribution is 6.31. The van der Waals surface area contributed by atoms with Gasteiger partial charge in [0.25, 0.3) is 0 Å². The summed E-state index contributed by atoms with van der Waals surface area (Å²) in [6.45, 7) is 2.64. The normalized spacial score (nSPS) is 10.3. The van der Waals surface area contributed by atoms with Gasteiger partial charge in [-0.05, 0) is 42.3 Å². The average molecular weight is 326 g/mol. The number of benzene rings is 1. The van der Waals surface area contributed by atoms with E-state index >= 15 is 0 Å². The molecule has 2 heterocycles. The van der Waals surface area contributed by atoms with Crippen LogP contribution >= 0.6 is 11.6 Å². The van der Waals surface area contributed by atoms with Gasteiger partial charge in [0.2, 0.25) is 0 Å². The van der Waals surface area contributed by atoms with E-state index in [2.05, 4.69) is 25.6 Å². The second-order valence-corrected chi connectivity index (χ2v) is 5.44. The van der Waals surface area contributed by atoms with Crippen LogP contribution in [0.2, 0.25) is 5.02 Å². The Labute approximate surface area is 139 Å². The maximum atomic E-state index is 6.14. The van der Waals surface area contributed by atoms with Crippen molar-refractivity contribution in [2.75, 3.05) is 10.6 Å². The molecule has 0 radical (unpaired) electrons. The summed E-state index contributed by atoms with van der Waals surface area (Å²) in [5, 5.41) is 7.26. The average Bonchev–Trinajstić information content (AvgIpc) is 2.59. The lowest BCUT2D eigenvalue weighted by Crippen LogP contribution is -2.03. The Balaban J connectivity index is 1.71. The van der Waals surface area contributed by atoms with Gasteiger partial charge in [0.05, 0.1) is 0 Å². The topological polar surface area (TPSA) is 62.7 Å². The fraction of sp³-hybridized carbons (Fsp3) is 0.118. The van der Waals surface area contributed by atoms with Gasteiger partial charge < -0.3 is 10.6 Å². The van der Waals surface area contributed by atoms with E-state index in [0.29, 0.717) is 12.4 Å². The summed E-state index contributed by atoms with van der Waals surface area (Å²) in [5.41, 5.74) is 3.05. The number of pyridine rings is 1. The van der Waals surface area contributed by atoms with Crippen molar-refractivity contribution in [2.24, 2.45) is 0 Å². The van der Waals surface area contributed by atoms with E-state index in [4.69, 9.17) is 11.6 Å². The minimum absolute atomic E-state index is 0.676. The van der Waals surface area contributed by atoms with Gasteiger partial charge in [-0.15, -0.1) is 0 Å². The van der Waals surface area contributed by atoms with Gasteiger partial charge in [-0.2, -0.15) is 0 Å². The van der Waals surface area contributed by atoms with Crippen LogP contribution in [0, 0.1) is 6.92 Å². The van der Waals surface area contributed by atoms with E-state index in [0.717, 1.165) is 27.7 Å². The van der Waals surface area contributed by atoms with Gasteiger partial charge in [0.15, 0.2) is 0 Å². The van der Waals surface area contributed by atoms with Gasteiger partial charge >= 0.3 is 0 Å². The summed E-state index contributed by atoms with van der Waals surface area (Å²) < 4.78 is 0. The predicted molar refractivity (Wildman–Crippen MR) is 93.1 cm³/mol. The highest BCUT2D eigenvalue weighted by atomic mass is 35.5. The number of hydrogen-bond donors (Lipinski definition) is 2. The first-order valence-electron chi connectivity index (χ1n) is 7.19. The molecule has 2 aromatic heterocycles. The molecule has 116 valence electrons. The van der Waals surface area contributed by atoms with Gasteiger partial charge in [-0.25, -0.2) is 9.97 Å². The quantitative estimate of drug-likeness (QED) is 0.736. The molecule has 0 fully saturated rings. The molecule has 0 amide bonds. The molecule has 0 spiro atoms. The van der Waals surface area contributed by atoms with Crippen LogP contribution in [-0.4, -0.2) is 15.0 Å². The van der Waals surface area contributed by atoms with Crippen LogP contribution in [0.1, 0.15) is 11.1 Å². The largest absolute Gasteiger partial charge is 0.366 e. The Kier molecular flexibility index (Phi) is 4.68. The maximum absolute atomic E-state index is 6.14. The lowest BCUT2D eigenvalue weighted by atomic mass is 10.2. The fourth-order valence-electron chi connectivity index (χ4n) is 2.10. The van der Waals surface area contributed by atoms with Crippen LogP contribution in [0.25, 0.3) is 0 Å². The molecule has 0 atom stereocenters. The first-order chi connectivity index (χ1) is 11.2. The van der Waals surface area contributed by atoms with E-state index in [1.165, 1.54) is 6.33 Å². The maximum Gasteiger partial charge on any atom is 0.135 e. The molecule has 23 heavy (non-hydrogen) atoms. The molecule has 6 heteroatoms. The monoisotopic (exact) mass is 325 g/mol. The summed E-state index contributed by atoms with van der Waals surface area (Å²) in [4.78, 5) is 12.5. The van der Waals surface area contributed by atoms with E-state index < -0.39 is 0 Å². The number of rotatable bonds is 5. The fourth-order valence-corrected chi connectivity index (χ4v) is 2.27.